The first-order chi connectivity index (χ1) is 22.2. The highest BCUT2D eigenvalue weighted by molar-refractivity contribution is 6.14. The van der Waals surface area contributed by atoms with Crippen LogP contribution >= 0.6 is 0 Å². The van der Waals surface area contributed by atoms with E-state index in [0.29, 0.717) is 0 Å². The van der Waals surface area contributed by atoms with Crippen LogP contribution in [0.15, 0.2) is 140 Å². The quantitative estimate of drug-likeness (QED) is 0.212. The fraction of sp³-hybridized carbons (Fsp3) is 0.0465. The van der Waals surface area contributed by atoms with Gasteiger partial charge in [-0.1, -0.05) is 110 Å². The Morgan fingerprint density at radius 3 is 2.20 bits per heavy atom. The molecule has 2 heteroatoms. The maximum Gasteiger partial charge on any atom is 0.0774 e. The largest absolute Gasteiger partial charge is 0.404 e. The highest BCUT2D eigenvalue weighted by atomic mass is 14.7. The summed E-state index contributed by atoms with van der Waals surface area (Å²) in [6.45, 7) is 4.50. The summed E-state index contributed by atoms with van der Waals surface area (Å²) in [6, 6.07) is 39.1. The predicted octanol–water partition coefficient (Wildman–Crippen LogP) is 9.29. The number of pyridine rings is 1. The Balaban J connectivity index is 1.26. The molecule has 0 atom stereocenters. The Morgan fingerprint density at radius 1 is 0.711 bits per heavy atom. The number of benzene rings is 6. The third-order valence-electron chi connectivity index (χ3n) is 9.12. The normalized spacial score (nSPS) is 14.1. The molecule has 0 radical (unpaired) electrons. The van der Waals surface area contributed by atoms with Crippen molar-refractivity contribution in [2.24, 2.45) is 5.73 Å². The number of rotatable bonds is 4. The van der Waals surface area contributed by atoms with E-state index in [0.717, 1.165) is 50.9 Å². The summed E-state index contributed by atoms with van der Waals surface area (Å²) in [7, 11) is 0. The van der Waals surface area contributed by atoms with Crippen LogP contribution in [0.3, 0.4) is 0 Å². The Hall–Kier alpha value is -5.73. The van der Waals surface area contributed by atoms with Crippen molar-refractivity contribution < 1.29 is 0 Å². The predicted molar refractivity (Wildman–Crippen MR) is 194 cm³/mol. The van der Waals surface area contributed by atoms with E-state index < -0.39 is 0 Å². The zero-order valence-corrected chi connectivity index (χ0v) is 25.0. The molecule has 214 valence electrons. The van der Waals surface area contributed by atoms with Gasteiger partial charge >= 0.3 is 0 Å². The third kappa shape index (κ3) is 4.72. The molecule has 2 N–H and O–H groups in total. The van der Waals surface area contributed by atoms with Crippen molar-refractivity contribution in [2.45, 2.75) is 12.8 Å². The fourth-order valence-corrected chi connectivity index (χ4v) is 6.81. The number of hydrogen-bond acceptors (Lipinski definition) is 2. The van der Waals surface area contributed by atoms with Crippen LogP contribution in [0, 0.1) is 0 Å². The molecule has 0 bridgehead atoms. The average molecular weight is 577 g/mol. The lowest BCUT2D eigenvalue weighted by Crippen LogP contribution is -2.24. The van der Waals surface area contributed by atoms with Crippen LogP contribution in [0.4, 0.5) is 0 Å². The number of fused-ring (bicyclic) bond motifs is 5. The van der Waals surface area contributed by atoms with E-state index in [1.807, 2.05) is 6.20 Å². The SMILES string of the molecule is C=c1/c(=C\C(=C/N)c2cc3ccccc3cc2C2=CC=CCC2)ccc2cc(-c3cc4ccccc4c4ccccc34)cnc12. The van der Waals surface area contributed by atoms with Crippen LogP contribution < -0.4 is 16.2 Å². The van der Waals surface area contributed by atoms with Gasteiger partial charge in [-0.2, -0.15) is 0 Å². The minimum absolute atomic E-state index is 0.893. The molecule has 0 unspecified atom stereocenters. The van der Waals surface area contributed by atoms with Crippen molar-refractivity contribution in [1.82, 2.24) is 4.98 Å². The molecule has 0 spiro atoms. The monoisotopic (exact) mass is 576 g/mol. The van der Waals surface area contributed by atoms with Gasteiger partial charge in [0.25, 0.3) is 0 Å². The summed E-state index contributed by atoms with van der Waals surface area (Å²) < 4.78 is 0. The molecule has 45 heavy (non-hydrogen) atoms. The zero-order chi connectivity index (χ0) is 30.3. The molecule has 0 saturated heterocycles. The maximum absolute atomic E-state index is 6.36. The van der Waals surface area contributed by atoms with Crippen molar-refractivity contribution in [2.75, 3.05) is 0 Å². The van der Waals surface area contributed by atoms with Gasteiger partial charge in [-0.25, -0.2) is 0 Å². The molecular formula is C43H32N2. The summed E-state index contributed by atoms with van der Waals surface area (Å²) in [5, 5.41) is 10.4. The van der Waals surface area contributed by atoms with Crippen molar-refractivity contribution in [3.8, 4) is 11.1 Å². The summed E-state index contributed by atoms with van der Waals surface area (Å²) in [6.07, 6.45) is 14.5. The van der Waals surface area contributed by atoms with Crippen LogP contribution in [-0.2, 0) is 0 Å². The Morgan fingerprint density at radius 2 is 1.42 bits per heavy atom. The van der Waals surface area contributed by atoms with Crippen LogP contribution in [0.25, 0.3) is 78.1 Å². The van der Waals surface area contributed by atoms with E-state index in [1.165, 1.54) is 49.0 Å². The molecule has 7 aromatic rings. The van der Waals surface area contributed by atoms with Crippen LogP contribution in [0.1, 0.15) is 24.0 Å². The van der Waals surface area contributed by atoms with Crippen molar-refractivity contribution in [3.63, 3.8) is 0 Å². The average Bonchev–Trinajstić information content (AvgIpc) is 3.11. The molecule has 0 amide bonds. The van der Waals surface area contributed by atoms with E-state index in [1.54, 1.807) is 6.20 Å². The van der Waals surface area contributed by atoms with Gasteiger partial charge in [-0.3, -0.25) is 4.98 Å². The lowest BCUT2D eigenvalue weighted by atomic mass is 9.88. The van der Waals surface area contributed by atoms with E-state index in [2.05, 4.69) is 140 Å². The van der Waals surface area contributed by atoms with Gasteiger partial charge in [0.2, 0.25) is 0 Å². The van der Waals surface area contributed by atoms with Crippen LogP contribution in [0.5, 0.6) is 0 Å². The molecule has 1 aromatic heterocycles. The second-order valence-electron chi connectivity index (χ2n) is 11.8. The van der Waals surface area contributed by atoms with Gasteiger partial charge < -0.3 is 5.73 Å². The van der Waals surface area contributed by atoms with Gasteiger partial charge in [0.1, 0.15) is 0 Å². The lowest BCUT2D eigenvalue weighted by Gasteiger charge is -2.17. The second kappa shape index (κ2) is 11.1. The lowest BCUT2D eigenvalue weighted by molar-refractivity contribution is 1.05. The number of hydrogen-bond donors (Lipinski definition) is 1. The topological polar surface area (TPSA) is 38.9 Å². The first-order valence-corrected chi connectivity index (χ1v) is 15.5. The molecule has 1 heterocycles. The molecule has 1 aliphatic rings. The summed E-state index contributed by atoms with van der Waals surface area (Å²) in [4.78, 5) is 4.99. The smallest absolute Gasteiger partial charge is 0.0774 e. The minimum atomic E-state index is 0.893. The standard InChI is InChI=1S/C43H32N2/c1-28-30(21-35(26-44)41-24-32-14-6-5-13-31(32)23-40(41)29-11-3-2-4-12-29)19-20-34-22-36(27-45-43(28)34)42-25-33-15-7-8-16-37(33)38-17-9-10-18-39(38)42/h2-3,5-11,13-27H,1,4,12,44H2/b30-21-,35-26+. The molecule has 1 aliphatic carbocycles. The second-order valence-corrected chi connectivity index (χ2v) is 11.8. The van der Waals surface area contributed by atoms with Crippen molar-refractivity contribution >= 4 is 67.0 Å². The highest BCUT2D eigenvalue weighted by Gasteiger charge is 2.14. The third-order valence-corrected chi connectivity index (χ3v) is 9.12. The minimum Gasteiger partial charge on any atom is -0.404 e. The van der Waals surface area contributed by atoms with Crippen molar-refractivity contribution in [1.29, 1.82) is 0 Å². The van der Waals surface area contributed by atoms with Crippen LogP contribution in [0.2, 0.25) is 0 Å². The molecule has 2 nitrogen and oxygen atoms in total. The van der Waals surface area contributed by atoms with Gasteiger partial charge in [-0.05, 0) is 109 Å². The Bertz CT molecular complexity index is 2510. The molecule has 0 aliphatic heterocycles. The number of aromatic nitrogens is 1. The highest BCUT2D eigenvalue weighted by Crippen LogP contribution is 2.36. The first kappa shape index (κ1) is 26.9. The summed E-state index contributed by atoms with van der Waals surface area (Å²) >= 11 is 0. The van der Waals surface area contributed by atoms with E-state index in [4.69, 9.17) is 10.7 Å². The zero-order valence-electron chi connectivity index (χ0n) is 25.0. The van der Waals surface area contributed by atoms with Gasteiger partial charge in [0.15, 0.2) is 0 Å². The van der Waals surface area contributed by atoms with Crippen molar-refractivity contribution in [3.05, 3.63) is 161 Å². The first-order valence-electron chi connectivity index (χ1n) is 15.5. The van der Waals surface area contributed by atoms with E-state index >= 15 is 0 Å². The fourth-order valence-electron chi connectivity index (χ4n) is 6.81. The molecule has 6 aromatic carbocycles. The van der Waals surface area contributed by atoms with Crippen LogP contribution in [-0.4, -0.2) is 4.98 Å². The molecule has 0 saturated carbocycles. The van der Waals surface area contributed by atoms with E-state index in [-0.39, 0.29) is 0 Å². The summed E-state index contributed by atoms with van der Waals surface area (Å²) in [5.74, 6) is 0. The Kier molecular flexibility index (Phi) is 6.61. The summed E-state index contributed by atoms with van der Waals surface area (Å²) in [5.41, 5.74) is 14.2. The van der Waals surface area contributed by atoms with Gasteiger partial charge in [0.05, 0.1) is 5.52 Å². The van der Waals surface area contributed by atoms with Gasteiger partial charge in [0, 0.05) is 28.6 Å². The van der Waals surface area contributed by atoms with E-state index in [9.17, 15) is 0 Å². The maximum atomic E-state index is 6.36. The molecular weight excluding hydrogens is 544 g/mol. The molecule has 8 rings (SSSR count). The number of allylic oxidation sites excluding steroid dienone is 5. The molecule has 0 fully saturated rings. The number of nitrogens with two attached hydrogens (primary N) is 1. The Labute approximate surface area is 262 Å². The van der Waals surface area contributed by atoms with Gasteiger partial charge in [-0.15, -0.1) is 0 Å². The number of nitrogens with zero attached hydrogens (tertiary/aromatic N) is 1.